The van der Waals surface area contributed by atoms with E-state index >= 15 is 0 Å². The number of aryl methyl sites for hydroxylation is 1. The van der Waals surface area contributed by atoms with Crippen molar-refractivity contribution in [1.29, 1.82) is 0 Å². The van der Waals surface area contributed by atoms with Crippen LogP contribution in [0.2, 0.25) is 0 Å². The van der Waals surface area contributed by atoms with Gasteiger partial charge in [0.05, 0.1) is 0 Å². The summed E-state index contributed by atoms with van der Waals surface area (Å²) in [7, 11) is 0. The Bertz CT molecular complexity index is 757. The molecule has 138 valence electrons. The molecule has 2 aromatic rings. The number of aromatic nitrogens is 1. The summed E-state index contributed by atoms with van der Waals surface area (Å²) in [5.41, 5.74) is 2.84. The van der Waals surface area contributed by atoms with Gasteiger partial charge in [0, 0.05) is 31.9 Å². The van der Waals surface area contributed by atoms with Gasteiger partial charge in [-0.3, -0.25) is 0 Å². The molecule has 0 saturated carbocycles. The van der Waals surface area contributed by atoms with E-state index in [-0.39, 0.29) is 11.8 Å². The molecule has 3 N–H and O–H groups in total. The van der Waals surface area contributed by atoms with Crippen LogP contribution in [-0.4, -0.2) is 35.8 Å². The van der Waals surface area contributed by atoms with Gasteiger partial charge in [-0.25, -0.2) is 9.78 Å². The van der Waals surface area contributed by atoms with Crippen molar-refractivity contribution in [2.75, 3.05) is 24.5 Å². The molecule has 0 bridgehead atoms. The first-order valence-corrected chi connectivity index (χ1v) is 9.13. The number of hydrogen-bond acceptors (Lipinski definition) is 4. The average molecular weight is 354 g/mol. The number of phenols is 1. The number of carbonyl (C=O) groups is 1. The number of pyridine rings is 1. The third-order valence-corrected chi connectivity index (χ3v) is 4.55. The van der Waals surface area contributed by atoms with Crippen molar-refractivity contribution in [1.82, 2.24) is 15.6 Å². The summed E-state index contributed by atoms with van der Waals surface area (Å²) in [6.07, 6.45) is 3.01. The predicted octanol–water partition coefficient (Wildman–Crippen LogP) is 2.74. The van der Waals surface area contributed by atoms with Crippen molar-refractivity contribution in [3.05, 3.63) is 53.2 Å². The summed E-state index contributed by atoms with van der Waals surface area (Å²) in [4.78, 5) is 18.9. The lowest BCUT2D eigenvalue weighted by Crippen LogP contribution is -2.36. The molecule has 1 aliphatic heterocycles. The van der Waals surface area contributed by atoms with Gasteiger partial charge in [-0.1, -0.05) is 18.2 Å². The van der Waals surface area contributed by atoms with Gasteiger partial charge < -0.3 is 20.6 Å². The number of carbonyl (C=O) groups excluding carboxylic acids is 1. The van der Waals surface area contributed by atoms with Gasteiger partial charge >= 0.3 is 6.03 Å². The normalized spacial score (nSPS) is 13.7. The Morgan fingerprint density at radius 1 is 1.19 bits per heavy atom. The first kappa shape index (κ1) is 18.0. The highest BCUT2D eigenvalue weighted by molar-refractivity contribution is 5.73. The van der Waals surface area contributed by atoms with Gasteiger partial charge in [0.2, 0.25) is 0 Å². The fraction of sp³-hybridized carbons (Fsp3) is 0.400. The number of amides is 2. The van der Waals surface area contributed by atoms with Crippen LogP contribution >= 0.6 is 0 Å². The van der Waals surface area contributed by atoms with Crippen molar-refractivity contribution in [2.24, 2.45) is 0 Å². The minimum absolute atomic E-state index is 0.211. The third-order valence-electron chi connectivity index (χ3n) is 4.55. The molecule has 6 heteroatoms. The maximum absolute atomic E-state index is 12.0. The molecule has 0 atom stereocenters. The van der Waals surface area contributed by atoms with E-state index in [1.165, 1.54) is 12.8 Å². The molecule has 2 heterocycles. The van der Waals surface area contributed by atoms with E-state index in [0.29, 0.717) is 19.5 Å². The molecule has 26 heavy (non-hydrogen) atoms. The molecule has 1 aromatic heterocycles. The summed E-state index contributed by atoms with van der Waals surface area (Å²) in [6.45, 7) is 5.02. The van der Waals surface area contributed by atoms with E-state index in [9.17, 15) is 9.90 Å². The van der Waals surface area contributed by atoms with E-state index in [4.69, 9.17) is 0 Å². The van der Waals surface area contributed by atoms with Crippen LogP contribution < -0.4 is 15.5 Å². The number of rotatable bonds is 6. The highest BCUT2D eigenvalue weighted by atomic mass is 16.3. The van der Waals surface area contributed by atoms with Gasteiger partial charge in [-0.2, -0.15) is 0 Å². The molecule has 6 nitrogen and oxygen atoms in total. The number of phenolic OH excluding ortho intramolecular Hbond substituents is 1. The van der Waals surface area contributed by atoms with Crippen LogP contribution in [0.25, 0.3) is 0 Å². The van der Waals surface area contributed by atoms with Crippen LogP contribution in [0.1, 0.15) is 29.7 Å². The molecule has 1 saturated heterocycles. The minimum Gasteiger partial charge on any atom is -0.508 e. The average Bonchev–Trinajstić information content (AvgIpc) is 3.16. The summed E-state index contributed by atoms with van der Waals surface area (Å²) in [6, 6.07) is 11.0. The zero-order chi connectivity index (χ0) is 18.4. The zero-order valence-electron chi connectivity index (χ0n) is 15.2. The van der Waals surface area contributed by atoms with E-state index in [1.54, 1.807) is 12.1 Å². The van der Waals surface area contributed by atoms with Crippen molar-refractivity contribution in [3.8, 4) is 5.75 Å². The van der Waals surface area contributed by atoms with Crippen LogP contribution in [-0.2, 0) is 13.0 Å². The lowest BCUT2D eigenvalue weighted by Gasteiger charge is -2.18. The summed E-state index contributed by atoms with van der Waals surface area (Å²) in [5, 5.41) is 15.4. The summed E-state index contributed by atoms with van der Waals surface area (Å²) < 4.78 is 0. The van der Waals surface area contributed by atoms with Gasteiger partial charge in [-0.15, -0.1) is 0 Å². The topological polar surface area (TPSA) is 77.5 Å². The molecule has 3 rings (SSSR count). The molecular weight excluding hydrogens is 328 g/mol. The second-order valence-corrected chi connectivity index (χ2v) is 6.66. The van der Waals surface area contributed by atoms with Crippen LogP contribution in [0.3, 0.4) is 0 Å². The molecule has 1 aliphatic rings. The number of para-hydroxylation sites is 1. The number of anilines is 1. The zero-order valence-corrected chi connectivity index (χ0v) is 15.2. The lowest BCUT2D eigenvalue weighted by atomic mass is 10.1. The number of nitrogens with one attached hydrogen (secondary N) is 2. The van der Waals surface area contributed by atoms with Crippen molar-refractivity contribution >= 4 is 11.8 Å². The SMILES string of the molecule is Cc1cc(CNC(=O)NCCc2ccccc2O)cc(N2CCCC2)n1. The highest BCUT2D eigenvalue weighted by Crippen LogP contribution is 2.20. The maximum atomic E-state index is 12.0. The monoisotopic (exact) mass is 354 g/mol. The molecule has 1 fully saturated rings. The minimum atomic E-state index is -0.211. The highest BCUT2D eigenvalue weighted by Gasteiger charge is 2.14. The first-order valence-electron chi connectivity index (χ1n) is 9.13. The van der Waals surface area contributed by atoms with Gasteiger partial charge in [0.15, 0.2) is 0 Å². The van der Waals surface area contributed by atoms with Gasteiger partial charge in [0.25, 0.3) is 0 Å². The second kappa shape index (κ2) is 8.56. The Kier molecular flexibility index (Phi) is 5.94. The van der Waals surface area contributed by atoms with Crippen LogP contribution in [0.4, 0.5) is 10.6 Å². The van der Waals surface area contributed by atoms with Crippen LogP contribution in [0.15, 0.2) is 36.4 Å². The van der Waals surface area contributed by atoms with Crippen LogP contribution in [0.5, 0.6) is 5.75 Å². The van der Waals surface area contributed by atoms with E-state index in [0.717, 1.165) is 35.7 Å². The predicted molar refractivity (Wildman–Crippen MR) is 102 cm³/mol. The number of aromatic hydroxyl groups is 1. The maximum Gasteiger partial charge on any atom is 0.315 e. The fourth-order valence-corrected chi connectivity index (χ4v) is 3.21. The Morgan fingerprint density at radius 2 is 1.96 bits per heavy atom. The quantitative estimate of drug-likeness (QED) is 0.745. The van der Waals surface area contributed by atoms with E-state index in [1.807, 2.05) is 25.1 Å². The van der Waals surface area contributed by atoms with E-state index < -0.39 is 0 Å². The Morgan fingerprint density at radius 3 is 2.73 bits per heavy atom. The fourth-order valence-electron chi connectivity index (χ4n) is 3.21. The Balaban J connectivity index is 1.47. The number of nitrogens with zero attached hydrogens (tertiary/aromatic N) is 2. The van der Waals surface area contributed by atoms with Crippen molar-refractivity contribution < 1.29 is 9.90 Å². The Labute approximate surface area is 154 Å². The standard InChI is InChI=1S/C20H26N4O2/c1-15-12-16(13-19(23-15)24-10-4-5-11-24)14-22-20(26)21-9-8-17-6-2-3-7-18(17)25/h2-3,6-7,12-13,25H,4-5,8-11,14H2,1H3,(H2,21,22,26). The van der Waals surface area contributed by atoms with Crippen LogP contribution in [0, 0.1) is 6.92 Å². The lowest BCUT2D eigenvalue weighted by molar-refractivity contribution is 0.240. The second-order valence-electron chi connectivity index (χ2n) is 6.66. The smallest absolute Gasteiger partial charge is 0.315 e. The number of hydrogen-bond donors (Lipinski definition) is 3. The van der Waals surface area contributed by atoms with Gasteiger partial charge in [-0.05, 0) is 55.5 Å². The van der Waals surface area contributed by atoms with Crippen molar-refractivity contribution in [3.63, 3.8) is 0 Å². The molecule has 0 radical (unpaired) electrons. The number of urea groups is 1. The molecule has 2 amide bonds. The first-order chi connectivity index (χ1) is 12.6. The Hall–Kier alpha value is -2.76. The molecule has 0 aliphatic carbocycles. The van der Waals surface area contributed by atoms with E-state index in [2.05, 4.69) is 26.6 Å². The number of benzene rings is 1. The molecule has 0 unspecified atom stereocenters. The molecule has 1 aromatic carbocycles. The molecular formula is C20H26N4O2. The largest absolute Gasteiger partial charge is 0.508 e. The summed E-state index contributed by atoms with van der Waals surface area (Å²) >= 11 is 0. The summed E-state index contributed by atoms with van der Waals surface area (Å²) in [5.74, 6) is 1.26. The van der Waals surface area contributed by atoms with Crippen molar-refractivity contribution in [2.45, 2.75) is 32.7 Å². The van der Waals surface area contributed by atoms with Gasteiger partial charge in [0.1, 0.15) is 11.6 Å². The molecule has 0 spiro atoms. The third kappa shape index (κ3) is 4.88.